The van der Waals surface area contributed by atoms with Gasteiger partial charge in [0.1, 0.15) is 42.7 Å². The second-order valence-corrected chi connectivity index (χ2v) is 18.9. The Kier molecular flexibility index (Phi) is 13.0. The molecule has 2 saturated heterocycles. The number of aliphatic hydroxyl groups is 7. The molecule has 0 aromatic carbocycles. The summed E-state index contributed by atoms with van der Waals surface area (Å²) in [5.74, 6) is -0.445. The Labute approximate surface area is 256 Å². The van der Waals surface area contributed by atoms with Crippen LogP contribution in [0, 0.1) is 11.8 Å². The maximum Gasteiger partial charge on any atom is 0.191 e. The molecule has 0 aromatic heterocycles. The van der Waals surface area contributed by atoms with Crippen LogP contribution >= 0.6 is 0 Å². The summed E-state index contributed by atoms with van der Waals surface area (Å²) < 4.78 is 30.1. The maximum absolute atomic E-state index is 11.7. The molecule has 9 N–H and O–H groups in total. The van der Waals surface area contributed by atoms with Crippen LogP contribution in [0.4, 0.5) is 0 Å². The molecule has 43 heavy (non-hydrogen) atoms. The summed E-state index contributed by atoms with van der Waals surface area (Å²) in [6.45, 7) is 14.6. The number of aliphatic hydroxyl groups excluding tert-OH is 7. The van der Waals surface area contributed by atoms with E-state index in [0.717, 1.165) is 0 Å². The second kappa shape index (κ2) is 15.1. The molecule has 0 spiro atoms. The van der Waals surface area contributed by atoms with Crippen LogP contribution in [-0.2, 0) is 23.4 Å². The minimum atomic E-state index is -1.96. The summed E-state index contributed by atoms with van der Waals surface area (Å²) in [4.78, 5) is 0. The van der Waals surface area contributed by atoms with Crippen LogP contribution in [0.25, 0.3) is 0 Å². The van der Waals surface area contributed by atoms with Crippen molar-refractivity contribution in [3.63, 3.8) is 0 Å². The maximum atomic E-state index is 11.7. The largest absolute Gasteiger partial charge is 0.417 e. The van der Waals surface area contributed by atoms with E-state index < -0.39 is 94.6 Å². The number of rotatable bonds is 11. The van der Waals surface area contributed by atoms with E-state index in [1.165, 1.54) is 0 Å². The topological polar surface area (TPSA) is 214 Å². The Morgan fingerprint density at radius 3 is 1.98 bits per heavy atom. The third-order valence-corrected chi connectivity index (χ3v) is 14.5. The highest BCUT2D eigenvalue weighted by Gasteiger charge is 2.51. The smallest absolute Gasteiger partial charge is 0.191 e. The third-order valence-electron chi connectivity index (χ3n) is 9.95. The molecule has 1 saturated carbocycles. The van der Waals surface area contributed by atoms with Crippen molar-refractivity contribution in [2.45, 2.75) is 158 Å². The lowest BCUT2D eigenvalue weighted by atomic mass is 9.74. The lowest BCUT2D eigenvalue weighted by Gasteiger charge is -2.49. The molecule has 3 fully saturated rings. The van der Waals surface area contributed by atoms with Crippen molar-refractivity contribution >= 4 is 8.32 Å². The molecule has 0 amide bonds. The molecule has 13 nitrogen and oxygen atoms in total. The molecule has 3 aliphatic rings. The molecule has 3 rings (SSSR count). The fourth-order valence-electron chi connectivity index (χ4n) is 6.03. The van der Waals surface area contributed by atoms with E-state index in [-0.39, 0.29) is 16.9 Å². The van der Waals surface area contributed by atoms with E-state index >= 15 is 0 Å². The summed E-state index contributed by atoms with van der Waals surface area (Å²) >= 11 is 0. The molecular formula is C29H57NO12Si. The predicted octanol–water partition coefficient (Wildman–Crippen LogP) is -0.440. The third kappa shape index (κ3) is 8.35. The molecule has 0 bridgehead atoms. The van der Waals surface area contributed by atoms with Crippen LogP contribution < -0.4 is 5.73 Å². The van der Waals surface area contributed by atoms with Crippen LogP contribution in [0.2, 0.25) is 18.1 Å². The van der Waals surface area contributed by atoms with Crippen molar-refractivity contribution in [1.82, 2.24) is 0 Å². The van der Waals surface area contributed by atoms with E-state index in [1.54, 1.807) is 6.92 Å². The number of hydrogen-bond donors (Lipinski definition) is 8. The van der Waals surface area contributed by atoms with Crippen molar-refractivity contribution in [2.75, 3.05) is 13.2 Å². The number of ether oxygens (including phenoxy) is 4. The first kappa shape index (κ1) is 37.2. The Bertz CT molecular complexity index is 860. The highest BCUT2D eigenvalue weighted by molar-refractivity contribution is 6.74. The van der Waals surface area contributed by atoms with E-state index in [0.29, 0.717) is 32.3 Å². The van der Waals surface area contributed by atoms with Crippen LogP contribution in [0.3, 0.4) is 0 Å². The standard InChI is InChI=1S/C29H57NO12Si/c1-8-16-20(33)22(35)23(36)28(39-16)41-25-14(2)12-15(10-9-11-38-43(6,7)29(3,4)5)26(24(25)37)42-27-21(34)18(30)19(32)17(13-31)40-27/h14-28,31-37H,8-13,30H2,1-7H3/t14-,15+,16+,17+,18-,19+,20+,21+,22-,23+,24-,25?,26-,27+,28+/m0/s1. The molecular weight excluding hydrogens is 582 g/mol. The quantitative estimate of drug-likeness (QED) is 0.106. The normalized spacial score (nSPS) is 44.9. The van der Waals surface area contributed by atoms with Gasteiger partial charge in [0.15, 0.2) is 20.9 Å². The summed E-state index contributed by atoms with van der Waals surface area (Å²) in [6, 6.07) is -1.15. The zero-order chi connectivity index (χ0) is 32.4. The SMILES string of the molecule is CC[C@H]1O[C@H](OC2[C@@H](C)C[C@@H](CCCO[Si](C)(C)C(C)(C)C)[C@H](O[C@H]3O[C@H](CO)[C@@H](O)[C@H](N)[C@H]3O)[C@H]2O)[C@H](O)[C@@H](O)[C@@H]1O. The van der Waals surface area contributed by atoms with Gasteiger partial charge in [0.05, 0.1) is 31.0 Å². The zero-order valence-corrected chi connectivity index (χ0v) is 27.7. The average Bonchev–Trinajstić information content (AvgIpc) is 2.94. The van der Waals surface area contributed by atoms with Crippen molar-refractivity contribution in [3.8, 4) is 0 Å². The molecule has 1 aliphatic carbocycles. The second-order valence-electron chi connectivity index (χ2n) is 14.1. The first-order valence-electron chi connectivity index (χ1n) is 15.7. The molecule has 1 unspecified atom stereocenters. The van der Waals surface area contributed by atoms with Crippen LogP contribution in [-0.4, -0.2) is 137 Å². The van der Waals surface area contributed by atoms with Gasteiger partial charge in [-0.1, -0.05) is 34.6 Å². The van der Waals surface area contributed by atoms with E-state index in [2.05, 4.69) is 33.9 Å². The molecule has 0 aromatic rings. The van der Waals surface area contributed by atoms with Gasteiger partial charge in [-0.05, 0) is 55.7 Å². The number of nitrogens with two attached hydrogens (primary N) is 1. The van der Waals surface area contributed by atoms with Crippen molar-refractivity contribution < 1.29 is 59.1 Å². The van der Waals surface area contributed by atoms with Gasteiger partial charge in [-0.3, -0.25) is 0 Å². The van der Waals surface area contributed by atoms with Gasteiger partial charge in [-0.25, -0.2) is 0 Å². The molecule has 14 heteroatoms. The van der Waals surface area contributed by atoms with Gasteiger partial charge in [-0.15, -0.1) is 0 Å². The predicted molar refractivity (Wildman–Crippen MR) is 158 cm³/mol. The highest BCUT2D eigenvalue weighted by Crippen LogP contribution is 2.40. The van der Waals surface area contributed by atoms with Gasteiger partial charge < -0.3 is 64.9 Å². The fourth-order valence-corrected chi connectivity index (χ4v) is 7.12. The summed E-state index contributed by atoms with van der Waals surface area (Å²) in [5.41, 5.74) is 6.01. The highest BCUT2D eigenvalue weighted by atomic mass is 28.4. The monoisotopic (exact) mass is 639 g/mol. The summed E-state index contributed by atoms with van der Waals surface area (Å²) in [7, 11) is -1.96. The Morgan fingerprint density at radius 1 is 0.814 bits per heavy atom. The van der Waals surface area contributed by atoms with Crippen molar-refractivity contribution in [3.05, 3.63) is 0 Å². The van der Waals surface area contributed by atoms with Crippen LogP contribution in [0.1, 0.15) is 60.3 Å². The first-order valence-corrected chi connectivity index (χ1v) is 18.6. The molecule has 254 valence electrons. The van der Waals surface area contributed by atoms with E-state index in [1.807, 2.05) is 6.92 Å². The molecule has 15 atom stereocenters. The van der Waals surface area contributed by atoms with Gasteiger partial charge in [-0.2, -0.15) is 0 Å². The Balaban J connectivity index is 1.79. The zero-order valence-electron chi connectivity index (χ0n) is 26.7. The Hall–Kier alpha value is -0.303. The summed E-state index contributed by atoms with van der Waals surface area (Å²) in [5, 5.41) is 73.8. The van der Waals surface area contributed by atoms with Gasteiger partial charge in [0.2, 0.25) is 0 Å². The van der Waals surface area contributed by atoms with Crippen molar-refractivity contribution in [1.29, 1.82) is 0 Å². The number of hydrogen-bond acceptors (Lipinski definition) is 13. The minimum absolute atomic E-state index is 0.0615. The lowest BCUT2D eigenvalue weighted by molar-refractivity contribution is -0.340. The fraction of sp³-hybridized carbons (Fsp3) is 1.00. The molecule has 2 heterocycles. The van der Waals surface area contributed by atoms with Crippen LogP contribution in [0.15, 0.2) is 0 Å². The van der Waals surface area contributed by atoms with Crippen molar-refractivity contribution in [2.24, 2.45) is 17.6 Å². The Morgan fingerprint density at radius 2 is 1.40 bits per heavy atom. The average molecular weight is 640 g/mol. The molecule has 2 aliphatic heterocycles. The molecule has 0 radical (unpaired) electrons. The first-order chi connectivity index (χ1) is 19.9. The van der Waals surface area contributed by atoms with E-state index in [4.69, 9.17) is 29.1 Å². The van der Waals surface area contributed by atoms with E-state index in [9.17, 15) is 35.7 Å². The van der Waals surface area contributed by atoms with Crippen LogP contribution in [0.5, 0.6) is 0 Å². The lowest BCUT2D eigenvalue weighted by Crippen LogP contribution is -2.65. The minimum Gasteiger partial charge on any atom is -0.417 e. The van der Waals surface area contributed by atoms with Gasteiger partial charge >= 0.3 is 0 Å². The summed E-state index contributed by atoms with van der Waals surface area (Å²) in [6.07, 6.45) is -12.4. The van der Waals surface area contributed by atoms with Gasteiger partial charge in [0, 0.05) is 6.61 Å². The van der Waals surface area contributed by atoms with Gasteiger partial charge in [0.25, 0.3) is 0 Å².